The van der Waals surface area contributed by atoms with E-state index in [0.29, 0.717) is 13.0 Å². The van der Waals surface area contributed by atoms with Crippen molar-refractivity contribution in [2.45, 2.75) is 57.8 Å². The molecule has 1 saturated heterocycles. The van der Waals surface area contributed by atoms with Crippen molar-refractivity contribution in [2.24, 2.45) is 0 Å². The average molecular weight is 673 g/mol. The fourth-order valence-corrected chi connectivity index (χ4v) is 5.65. The van der Waals surface area contributed by atoms with Crippen LogP contribution in [0.4, 0.5) is 0 Å². The maximum atomic E-state index is 12.9. The molecule has 0 amide bonds. The van der Waals surface area contributed by atoms with Crippen molar-refractivity contribution in [2.75, 3.05) is 27.7 Å². The quantitative estimate of drug-likeness (QED) is 0.195. The first-order valence-electron chi connectivity index (χ1n) is 14.1. The van der Waals surface area contributed by atoms with Gasteiger partial charge in [0.05, 0.1) is 27.7 Å². The fourth-order valence-electron chi connectivity index (χ4n) is 5.65. The van der Waals surface area contributed by atoms with Crippen LogP contribution in [0.1, 0.15) is 49.4 Å². The first kappa shape index (κ1) is 34.7. The highest BCUT2D eigenvalue weighted by atomic mass is 79.9. The summed E-state index contributed by atoms with van der Waals surface area (Å²) in [7, 11) is 4.90. The van der Waals surface area contributed by atoms with Crippen molar-refractivity contribution in [3.63, 3.8) is 0 Å². The number of carbonyl (C=O) groups is 4. The lowest BCUT2D eigenvalue weighted by molar-refractivity contribution is -0.943. The Labute approximate surface area is 267 Å². The van der Waals surface area contributed by atoms with Gasteiger partial charge < -0.3 is 40.7 Å². The molecule has 1 aliphatic heterocycles. The second kappa shape index (κ2) is 14.8. The van der Waals surface area contributed by atoms with Crippen molar-refractivity contribution in [1.29, 1.82) is 0 Å². The number of ether oxygens (including phenoxy) is 5. The maximum absolute atomic E-state index is 12.9. The van der Waals surface area contributed by atoms with Crippen LogP contribution in [0.15, 0.2) is 54.6 Å². The maximum Gasteiger partial charge on any atom is 0.339 e. The minimum Gasteiger partial charge on any atom is -1.00 e. The predicted octanol–water partition coefficient (Wildman–Crippen LogP) is 0.766. The molecule has 0 radical (unpaired) electrons. The zero-order valence-corrected chi connectivity index (χ0v) is 27.2. The van der Waals surface area contributed by atoms with E-state index in [9.17, 15) is 19.2 Å². The first-order valence-corrected chi connectivity index (χ1v) is 14.1. The van der Waals surface area contributed by atoms with Gasteiger partial charge in [0.25, 0.3) is 0 Å². The van der Waals surface area contributed by atoms with E-state index in [1.165, 1.54) is 21.0 Å². The van der Waals surface area contributed by atoms with Crippen LogP contribution in [0.2, 0.25) is 0 Å². The third-order valence-electron chi connectivity index (χ3n) is 7.54. The molecule has 5 atom stereocenters. The van der Waals surface area contributed by atoms with Gasteiger partial charge in [0.2, 0.25) is 18.4 Å². The number of esters is 4. The molecule has 2 aliphatic rings. The molecular formula is C33H38BrNO9. The number of nitrogens with zero attached hydrogens (tertiary/aromatic N) is 1. The van der Waals surface area contributed by atoms with E-state index < -0.39 is 54.5 Å². The lowest BCUT2D eigenvalue weighted by Crippen LogP contribution is -3.00. The summed E-state index contributed by atoms with van der Waals surface area (Å²) in [6, 6.07) is 16.4. The van der Waals surface area contributed by atoms with Crippen LogP contribution in [0.3, 0.4) is 0 Å². The highest BCUT2D eigenvalue weighted by Gasteiger charge is 2.59. The van der Waals surface area contributed by atoms with Gasteiger partial charge in [0.15, 0.2) is 12.2 Å². The summed E-state index contributed by atoms with van der Waals surface area (Å²) in [4.78, 5) is 49.3. The molecule has 2 aromatic carbocycles. The molecule has 0 spiro atoms. The topological polar surface area (TPSA) is 114 Å². The molecule has 1 aliphatic carbocycles. The van der Waals surface area contributed by atoms with Crippen molar-refractivity contribution in [1.82, 2.24) is 0 Å². The van der Waals surface area contributed by atoms with Crippen LogP contribution in [0.5, 0.6) is 0 Å². The van der Waals surface area contributed by atoms with Gasteiger partial charge in [-0.05, 0) is 27.8 Å². The van der Waals surface area contributed by atoms with Gasteiger partial charge in [-0.3, -0.25) is 18.9 Å². The zero-order chi connectivity index (χ0) is 31.3. The van der Waals surface area contributed by atoms with Gasteiger partial charge in [-0.15, -0.1) is 0 Å². The molecule has 1 heterocycles. The Bertz CT molecular complexity index is 1400. The predicted molar refractivity (Wildman–Crippen MR) is 158 cm³/mol. The number of likely N-dealkylation sites (N-methyl/N-ethyl adjacent to an activating group) is 1. The number of methoxy groups -OCH3 is 1. The third kappa shape index (κ3) is 7.82. The van der Waals surface area contributed by atoms with Crippen LogP contribution in [0, 0.1) is 0 Å². The van der Waals surface area contributed by atoms with E-state index in [4.69, 9.17) is 23.7 Å². The molecule has 0 unspecified atom stereocenters. The number of carbonyl (C=O) groups excluding carboxylic acids is 4. The molecular weight excluding hydrogens is 634 g/mol. The minimum atomic E-state index is -1.43. The number of halogens is 1. The van der Waals surface area contributed by atoms with Crippen molar-refractivity contribution >= 4 is 41.6 Å². The smallest absolute Gasteiger partial charge is 0.339 e. The Morgan fingerprint density at radius 2 is 1.25 bits per heavy atom. The van der Waals surface area contributed by atoms with E-state index in [0.717, 1.165) is 34.8 Å². The average Bonchev–Trinajstić information content (AvgIpc) is 3.10. The molecule has 0 bridgehead atoms. The Morgan fingerprint density at radius 1 is 0.773 bits per heavy atom. The lowest BCUT2D eigenvalue weighted by atomic mass is 9.92. The number of quaternary nitrogens is 1. The van der Waals surface area contributed by atoms with Gasteiger partial charge >= 0.3 is 23.9 Å². The summed E-state index contributed by atoms with van der Waals surface area (Å²) in [5, 5.41) is 0. The highest BCUT2D eigenvalue weighted by molar-refractivity contribution is 5.93. The van der Waals surface area contributed by atoms with Crippen LogP contribution < -0.4 is 17.0 Å². The van der Waals surface area contributed by atoms with Gasteiger partial charge in [-0.2, -0.15) is 0 Å². The monoisotopic (exact) mass is 671 g/mol. The summed E-state index contributed by atoms with van der Waals surface area (Å²) in [5.41, 5.74) is 5.49. The normalized spacial score (nSPS) is 22.2. The molecule has 0 aromatic heterocycles. The lowest BCUT2D eigenvalue weighted by Gasteiger charge is -2.48. The fraction of sp³-hybridized carbons (Fsp3) is 0.394. The van der Waals surface area contributed by atoms with Crippen LogP contribution in [-0.4, -0.2) is 86.8 Å². The number of hydrogen-bond donors (Lipinski definition) is 0. The Balaban J connectivity index is 0.00000529. The van der Waals surface area contributed by atoms with Crippen molar-refractivity contribution < 1.29 is 64.3 Å². The SMILES string of the molecule is COC(=O)[C@H]1O[C@@H]([N+](C)(C)CCC=C2c3ccccc3C=Cc3ccccc32)[C@H](OC(C)=O)[C@@H](OC(C)=O)[C@@H]1OC(C)=O.[Br-]. The minimum absolute atomic E-state index is 0. The molecule has 10 nitrogen and oxygen atoms in total. The van der Waals surface area contributed by atoms with E-state index in [-0.39, 0.29) is 21.5 Å². The molecule has 4 rings (SSSR count). The summed E-state index contributed by atoms with van der Waals surface area (Å²) >= 11 is 0. The summed E-state index contributed by atoms with van der Waals surface area (Å²) < 4.78 is 27.9. The molecule has 1 fully saturated rings. The van der Waals surface area contributed by atoms with E-state index in [1.54, 1.807) is 0 Å². The van der Waals surface area contributed by atoms with Crippen LogP contribution in [-0.2, 0) is 42.9 Å². The first-order chi connectivity index (χ1) is 20.4. The van der Waals surface area contributed by atoms with Crippen LogP contribution in [0.25, 0.3) is 17.7 Å². The second-order valence-electron chi connectivity index (χ2n) is 11.1. The standard InChI is InChI=1S/C33H38NO9.BrH/c1-20(35)40-28-29(41-21(2)36)31(33(38)39-6)43-32(30(28)42-22(3)37)34(4,5)19-11-16-27-25-14-9-7-12-23(25)17-18-24-13-8-10-15-26(24)27;/h7-10,12-18,28-32H,11,19H2,1-6H3;1H/q+1;/p-1/t28-,29-,30+,31-,32+;/m0./s1. The van der Waals surface area contributed by atoms with Crippen molar-refractivity contribution in [3.8, 4) is 0 Å². The number of fused-ring (bicyclic) bond motifs is 2. The van der Waals surface area contributed by atoms with E-state index in [1.807, 2.05) is 38.4 Å². The molecule has 236 valence electrons. The van der Waals surface area contributed by atoms with Crippen LogP contribution >= 0.6 is 0 Å². The molecule has 11 heteroatoms. The van der Waals surface area contributed by atoms with Gasteiger partial charge in [-0.1, -0.05) is 66.8 Å². The molecule has 0 saturated carbocycles. The van der Waals surface area contributed by atoms with Gasteiger partial charge in [0, 0.05) is 27.2 Å². The molecule has 0 N–H and O–H groups in total. The summed E-state index contributed by atoms with van der Waals surface area (Å²) in [5.74, 6) is -2.93. The highest BCUT2D eigenvalue weighted by Crippen LogP contribution is 2.36. The number of benzene rings is 2. The Hall–Kier alpha value is -3.80. The van der Waals surface area contributed by atoms with E-state index >= 15 is 0 Å². The van der Waals surface area contributed by atoms with Gasteiger partial charge in [-0.25, -0.2) is 4.79 Å². The van der Waals surface area contributed by atoms with Crippen molar-refractivity contribution in [3.05, 3.63) is 76.9 Å². The summed E-state index contributed by atoms with van der Waals surface area (Å²) in [6.07, 6.45) is 0.613. The number of rotatable bonds is 8. The molecule has 44 heavy (non-hydrogen) atoms. The Morgan fingerprint density at radius 3 is 1.75 bits per heavy atom. The van der Waals surface area contributed by atoms with Gasteiger partial charge in [0.1, 0.15) is 0 Å². The molecule has 2 aromatic rings. The number of hydrogen-bond acceptors (Lipinski definition) is 9. The third-order valence-corrected chi connectivity index (χ3v) is 7.54. The largest absolute Gasteiger partial charge is 1.00 e. The second-order valence-corrected chi connectivity index (χ2v) is 11.1. The van der Waals surface area contributed by atoms with E-state index in [2.05, 4.69) is 42.5 Å². The summed E-state index contributed by atoms with van der Waals surface area (Å²) in [6.45, 7) is 4.02. The Kier molecular flexibility index (Phi) is 11.7. The zero-order valence-electron chi connectivity index (χ0n) is 25.7.